The normalized spacial score (nSPS) is 18.6. The second-order valence-corrected chi connectivity index (χ2v) is 8.05. The van der Waals surface area contributed by atoms with Crippen LogP contribution in [0.1, 0.15) is 47.0 Å². The van der Waals surface area contributed by atoms with Gasteiger partial charge in [-0.05, 0) is 37.1 Å². The summed E-state index contributed by atoms with van der Waals surface area (Å²) >= 11 is 0. The lowest BCUT2D eigenvalue weighted by Crippen LogP contribution is -2.35. The Morgan fingerprint density at radius 2 is 1.78 bits per heavy atom. The number of hydrogen-bond acceptors (Lipinski definition) is 3. The molecule has 0 heterocycles. The van der Waals surface area contributed by atoms with Crippen molar-refractivity contribution in [2.75, 3.05) is 18.8 Å². The van der Waals surface area contributed by atoms with Crippen molar-refractivity contribution in [1.29, 1.82) is 0 Å². The molecule has 18 heavy (non-hydrogen) atoms. The monoisotopic (exact) mass is 276 g/mol. The number of hydrogen-bond donors (Lipinski definition) is 2. The third kappa shape index (κ3) is 5.24. The van der Waals surface area contributed by atoms with Crippen LogP contribution < -0.4 is 10.0 Å². The van der Waals surface area contributed by atoms with Gasteiger partial charge in [0.15, 0.2) is 0 Å². The molecule has 0 radical (unpaired) electrons. The molecule has 1 rings (SSSR count). The van der Waals surface area contributed by atoms with E-state index in [0.29, 0.717) is 24.9 Å². The highest BCUT2D eigenvalue weighted by atomic mass is 32.2. The summed E-state index contributed by atoms with van der Waals surface area (Å²) in [7, 11) is -3.10. The minimum atomic E-state index is -3.10. The lowest BCUT2D eigenvalue weighted by Gasteiger charge is -2.20. The highest BCUT2D eigenvalue weighted by Gasteiger charge is 2.45. The van der Waals surface area contributed by atoms with E-state index in [0.717, 1.165) is 19.4 Å². The Hall–Kier alpha value is -0.130. The lowest BCUT2D eigenvalue weighted by molar-refractivity contribution is 0.357. The first-order valence-corrected chi connectivity index (χ1v) is 8.63. The van der Waals surface area contributed by atoms with Gasteiger partial charge in [0, 0.05) is 12.6 Å². The predicted octanol–water partition coefficient (Wildman–Crippen LogP) is 1.73. The van der Waals surface area contributed by atoms with E-state index in [-0.39, 0.29) is 11.2 Å². The van der Waals surface area contributed by atoms with E-state index in [1.165, 1.54) is 0 Å². The van der Waals surface area contributed by atoms with Crippen molar-refractivity contribution in [3.63, 3.8) is 0 Å². The second-order valence-electron chi connectivity index (χ2n) is 6.12. The first-order chi connectivity index (χ1) is 8.27. The zero-order valence-corrected chi connectivity index (χ0v) is 12.9. The van der Waals surface area contributed by atoms with Gasteiger partial charge in [-0.1, -0.05) is 27.7 Å². The summed E-state index contributed by atoms with van der Waals surface area (Å²) in [6.07, 6.45) is 2.98. The summed E-state index contributed by atoms with van der Waals surface area (Å²) < 4.78 is 26.4. The zero-order chi connectivity index (χ0) is 13.8. The van der Waals surface area contributed by atoms with Gasteiger partial charge >= 0.3 is 0 Å². The fourth-order valence-corrected chi connectivity index (χ4v) is 3.27. The van der Waals surface area contributed by atoms with Crippen molar-refractivity contribution in [2.45, 2.75) is 53.0 Å². The molecule has 0 spiro atoms. The average Bonchev–Trinajstić information content (AvgIpc) is 3.03. The molecule has 0 aromatic carbocycles. The highest BCUT2D eigenvalue weighted by molar-refractivity contribution is 7.89. The summed E-state index contributed by atoms with van der Waals surface area (Å²) in [6, 6.07) is 0.413. The van der Waals surface area contributed by atoms with Gasteiger partial charge < -0.3 is 5.32 Å². The third-order valence-corrected chi connectivity index (χ3v) is 5.31. The van der Waals surface area contributed by atoms with Gasteiger partial charge in [-0.15, -0.1) is 0 Å². The first kappa shape index (κ1) is 15.9. The summed E-state index contributed by atoms with van der Waals surface area (Å²) in [4.78, 5) is 0. The maximum Gasteiger partial charge on any atom is 0.211 e. The first-order valence-electron chi connectivity index (χ1n) is 6.98. The molecule has 0 amide bonds. The smallest absolute Gasteiger partial charge is 0.211 e. The Labute approximate surface area is 112 Å². The molecule has 1 fully saturated rings. The predicted molar refractivity (Wildman–Crippen MR) is 76.1 cm³/mol. The molecule has 0 aromatic heterocycles. The molecule has 2 N–H and O–H groups in total. The van der Waals surface area contributed by atoms with Gasteiger partial charge in [0.05, 0.1) is 5.75 Å². The molecule has 0 aliphatic heterocycles. The van der Waals surface area contributed by atoms with Gasteiger partial charge in [-0.2, -0.15) is 0 Å². The summed E-state index contributed by atoms with van der Waals surface area (Å²) in [6.45, 7) is 9.85. The van der Waals surface area contributed by atoms with Crippen molar-refractivity contribution in [2.24, 2.45) is 11.3 Å². The largest absolute Gasteiger partial charge is 0.314 e. The van der Waals surface area contributed by atoms with Crippen LogP contribution in [-0.2, 0) is 10.0 Å². The van der Waals surface area contributed by atoms with Crippen molar-refractivity contribution in [3.05, 3.63) is 0 Å². The Balaban J connectivity index is 2.24. The molecule has 5 heteroatoms. The Kier molecular flexibility index (Phi) is 5.62. The minimum Gasteiger partial charge on any atom is -0.314 e. The molecule has 1 aliphatic carbocycles. The van der Waals surface area contributed by atoms with Gasteiger partial charge in [0.25, 0.3) is 0 Å². The van der Waals surface area contributed by atoms with Crippen molar-refractivity contribution in [3.8, 4) is 0 Å². The van der Waals surface area contributed by atoms with E-state index < -0.39 is 10.0 Å². The molecular weight excluding hydrogens is 248 g/mol. The molecule has 0 atom stereocenters. The average molecular weight is 276 g/mol. The van der Waals surface area contributed by atoms with E-state index in [2.05, 4.69) is 37.7 Å². The zero-order valence-electron chi connectivity index (χ0n) is 12.1. The van der Waals surface area contributed by atoms with Crippen LogP contribution >= 0.6 is 0 Å². The Morgan fingerprint density at radius 1 is 1.17 bits per heavy atom. The second kappa shape index (κ2) is 6.35. The van der Waals surface area contributed by atoms with Gasteiger partial charge in [0.1, 0.15) is 0 Å². The van der Waals surface area contributed by atoms with Gasteiger partial charge in [0.2, 0.25) is 10.0 Å². The number of sulfonamides is 1. The lowest BCUT2D eigenvalue weighted by atomic mass is 9.93. The number of rotatable bonds is 9. The fraction of sp³-hybridized carbons (Fsp3) is 1.00. The molecular formula is C13H28N2O2S. The van der Waals surface area contributed by atoms with Crippen LogP contribution in [0.15, 0.2) is 0 Å². The van der Waals surface area contributed by atoms with Crippen LogP contribution in [0.5, 0.6) is 0 Å². The van der Waals surface area contributed by atoms with Crippen LogP contribution in [0, 0.1) is 11.3 Å². The molecule has 0 aromatic rings. The highest BCUT2D eigenvalue weighted by Crippen LogP contribution is 2.51. The summed E-state index contributed by atoms with van der Waals surface area (Å²) in [5.41, 5.74) is 0.239. The SMILES string of the molecule is CC(C)NCCCS(=O)(=O)NCC1(C(C)C)CC1. The molecule has 108 valence electrons. The minimum absolute atomic E-state index is 0.223. The molecule has 0 unspecified atom stereocenters. The quantitative estimate of drug-likeness (QED) is 0.631. The topological polar surface area (TPSA) is 58.2 Å². The van der Waals surface area contributed by atoms with E-state index in [9.17, 15) is 8.42 Å². The van der Waals surface area contributed by atoms with Gasteiger partial charge in [-0.25, -0.2) is 13.1 Å². The van der Waals surface area contributed by atoms with Crippen molar-refractivity contribution < 1.29 is 8.42 Å². The van der Waals surface area contributed by atoms with Gasteiger partial charge in [-0.3, -0.25) is 0 Å². The fourth-order valence-electron chi connectivity index (χ4n) is 2.10. The molecule has 1 saturated carbocycles. The van der Waals surface area contributed by atoms with Crippen LogP contribution in [0.25, 0.3) is 0 Å². The van der Waals surface area contributed by atoms with E-state index >= 15 is 0 Å². The van der Waals surface area contributed by atoms with Crippen molar-refractivity contribution in [1.82, 2.24) is 10.0 Å². The summed E-state index contributed by atoms with van der Waals surface area (Å²) in [5.74, 6) is 0.781. The standard InChI is InChI=1S/C13H28N2O2S/c1-11(2)13(6-7-13)10-15-18(16,17)9-5-8-14-12(3)4/h11-12,14-15H,5-10H2,1-4H3. The van der Waals surface area contributed by atoms with Crippen LogP contribution in [0.3, 0.4) is 0 Å². The summed E-state index contributed by atoms with van der Waals surface area (Å²) in [5, 5.41) is 3.23. The molecule has 4 nitrogen and oxygen atoms in total. The van der Waals surface area contributed by atoms with E-state index in [1.807, 2.05) is 0 Å². The van der Waals surface area contributed by atoms with E-state index in [4.69, 9.17) is 0 Å². The third-order valence-electron chi connectivity index (χ3n) is 3.90. The Bertz CT molecular complexity index is 346. The molecule has 1 aliphatic rings. The number of nitrogens with one attached hydrogen (secondary N) is 2. The Morgan fingerprint density at radius 3 is 2.22 bits per heavy atom. The maximum atomic E-state index is 11.8. The maximum absolute atomic E-state index is 11.8. The van der Waals surface area contributed by atoms with E-state index in [1.54, 1.807) is 0 Å². The molecule has 0 saturated heterocycles. The van der Waals surface area contributed by atoms with Crippen LogP contribution in [0.2, 0.25) is 0 Å². The molecule has 0 bridgehead atoms. The van der Waals surface area contributed by atoms with Crippen LogP contribution in [0.4, 0.5) is 0 Å². The van der Waals surface area contributed by atoms with Crippen molar-refractivity contribution >= 4 is 10.0 Å². The van der Waals surface area contributed by atoms with Crippen LogP contribution in [-0.4, -0.2) is 33.3 Å².